The number of carbonyl (C=O) groups is 3. The summed E-state index contributed by atoms with van der Waals surface area (Å²) in [5.41, 5.74) is 3.24. The Kier molecular flexibility index (Phi) is 4.95. The number of allylic oxidation sites excluding steroid dienone is 2. The number of amides is 2. The molecule has 2 aliphatic carbocycles. The average molecular weight is 476 g/mol. The van der Waals surface area contributed by atoms with E-state index in [9.17, 15) is 14.4 Å². The molecule has 1 heterocycles. The quantitative estimate of drug-likeness (QED) is 0.419. The first-order valence-electron chi connectivity index (χ1n) is 12.8. The van der Waals surface area contributed by atoms with Crippen molar-refractivity contribution in [3.05, 3.63) is 102 Å². The van der Waals surface area contributed by atoms with Crippen molar-refractivity contribution < 1.29 is 14.4 Å². The first-order chi connectivity index (χ1) is 17.4. The normalized spacial score (nSPS) is 28.9. The Bertz CT molecular complexity index is 1350. The molecule has 0 spiro atoms. The fraction of sp³-hybridized carbons (Fsp3) is 0.281. The van der Waals surface area contributed by atoms with Gasteiger partial charge in [0.05, 0.1) is 28.4 Å². The van der Waals surface area contributed by atoms with Crippen LogP contribution in [-0.4, -0.2) is 17.6 Å². The lowest BCUT2D eigenvalue weighted by atomic mass is 9.60. The van der Waals surface area contributed by atoms with Gasteiger partial charge in [0, 0.05) is 0 Å². The zero-order valence-corrected chi connectivity index (χ0v) is 20.8. The van der Waals surface area contributed by atoms with Crippen LogP contribution in [0.1, 0.15) is 43.4 Å². The first-order valence-corrected chi connectivity index (χ1v) is 12.8. The van der Waals surface area contributed by atoms with Crippen LogP contribution in [-0.2, 0) is 14.4 Å². The Labute approximate surface area is 211 Å². The molecule has 3 aromatic carbocycles. The highest BCUT2D eigenvalue weighted by Crippen LogP contribution is 2.75. The molecule has 1 saturated heterocycles. The lowest BCUT2D eigenvalue weighted by Crippen LogP contribution is -2.41. The topological polar surface area (TPSA) is 54.5 Å². The van der Waals surface area contributed by atoms with Gasteiger partial charge in [-0.25, -0.2) is 4.90 Å². The molecule has 4 atom stereocenters. The molecule has 0 aromatic heterocycles. The summed E-state index contributed by atoms with van der Waals surface area (Å²) in [5.74, 6) is -1.86. The van der Waals surface area contributed by atoms with Crippen LogP contribution in [0.2, 0.25) is 0 Å². The smallest absolute Gasteiger partial charge is 0.239 e. The lowest BCUT2D eigenvalue weighted by Gasteiger charge is -2.38. The zero-order valence-electron chi connectivity index (χ0n) is 20.8. The number of ketones is 1. The van der Waals surface area contributed by atoms with Crippen molar-refractivity contribution in [2.45, 2.75) is 33.6 Å². The van der Waals surface area contributed by atoms with Gasteiger partial charge >= 0.3 is 0 Å². The summed E-state index contributed by atoms with van der Waals surface area (Å²) >= 11 is 0. The number of anilines is 1. The lowest BCUT2D eigenvalue weighted by molar-refractivity contribution is -0.134. The number of imide groups is 1. The van der Waals surface area contributed by atoms with Gasteiger partial charge in [-0.2, -0.15) is 0 Å². The number of benzene rings is 3. The standard InChI is InChI=1S/C32H29NO3/c1-4-31-24(21-14-8-6-9-15-21)25(22-16-10-7-11-17-22)32(5-2,30(31)36)27-26(31)28(34)33(29(27)35)23-18-12-13-20(3)19-23/h6-19,26-27H,4-5H2,1-3H3/t26-,27+,31-,32-/m0/s1. The van der Waals surface area contributed by atoms with Crippen LogP contribution in [0.5, 0.6) is 0 Å². The second kappa shape index (κ2) is 7.86. The maximum atomic E-state index is 14.7. The number of carbonyl (C=O) groups excluding carboxylic acids is 3. The fourth-order valence-corrected chi connectivity index (χ4v) is 7.48. The number of rotatable bonds is 5. The summed E-state index contributed by atoms with van der Waals surface area (Å²) in [5, 5.41) is 0. The second-order valence-corrected chi connectivity index (χ2v) is 10.3. The highest BCUT2D eigenvalue weighted by Gasteiger charge is 2.80. The van der Waals surface area contributed by atoms with Gasteiger partial charge in [-0.1, -0.05) is 86.6 Å². The molecule has 36 heavy (non-hydrogen) atoms. The molecule has 2 bridgehead atoms. The predicted molar refractivity (Wildman–Crippen MR) is 141 cm³/mol. The van der Waals surface area contributed by atoms with Crippen molar-refractivity contribution >= 4 is 34.4 Å². The molecule has 4 heteroatoms. The molecule has 0 unspecified atom stereocenters. The average Bonchev–Trinajstić information content (AvgIpc) is 3.40. The molecule has 6 rings (SSSR count). The van der Waals surface area contributed by atoms with E-state index in [0.717, 1.165) is 27.8 Å². The first kappa shape index (κ1) is 22.7. The van der Waals surface area contributed by atoms with E-state index in [4.69, 9.17) is 0 Å². The monoisotopic (exact) mass is 475 g/mol. The van der Waals surface area contributed by atoms with E-state index in [2.05, 4.69) is 0 Å². The van der Waals surface area contributed by atoms with Gasteiger partial charge in [-0.15, -0.1) is 0 Å². The second-order valence-electron chi connectivity index (χ2n) is 10.3. The Morgan fingerprint density at radius 3 is 1.56 bits per heavy atom. The van der Waals surface area contributed by atoms with Gasteiger partial charge in [-0.3, -0.25) is 14.4 Å². The van der Waals surface area contributed by atoms with Crippen molar-refractivity contribution in [2.24, 2.45) is 22.7 Å². The molecule has 0 N–H and O–H groups in total. The van der Waals surface area contributed by atoms with Gasteiger partial charge in [0.15, 0.2) is 5.78 Å². The van der Waals surface area contributed by atoms with Crippen LogP contribution in [0, 0.1) is 29.6 Å². The van der Waals surface area contributed by atoms with E-state index < -0.39 is 22.7 Å². The molecule has 2 amide bonds. The Balaban J connectivity index is 1.68. The number of fused-ring (bicyclic) bond motifs is 5. The van der Waals surface area contributed by atoms with Gasteiger partial charge in [0.2, 0.25) is 11.8 Å². The summed E-state index contributed by atoms with van der Waals surface area (Å²) in [6.07, 6.45) is 0.936. The van der Waals surface area contributed by atoms with Gasteiger partial charge < -0.3 is 0 Å². The molecule has 0 radical (unpaired) electrons. The van der Waals surface area contributed by atoms with E-state index in [1.54, 1.807) is 0 Å². The van der Waals surface area contributed by atoms with Crippen molar-refractivity contribution in [3.63, 3.8) is 0 Å². The highest BCUT2D eigenvalue weighted by atomic mass is 16.2. The molecule has 3 aromatic rings. The van der Waals surface area contributed by atoms with Crippen molar-refractivity contribution in [1.29, 1.82) is 0 Å². The Morgan fingerprint density at radius 1 is 0.667 bits per heavy atom. The van der Waals surface area contributed by atoms with Crippen molar-refractivity contribution in [3.8, 4) is 0 Å². The van der Waals surface area contributed by atoms with Gasteiger partial charge in [0.1, 0.15) is 0 Å². The third kappa shape index (κ3) is 2.57. The molecule has 3 aliphatic rings. The molecule has 2 fully saturated rings. The minimum atomic E-state index is -1.04. The van der Waals surface area contributed by atoms with Crippen molar-refractivity contribution in [2.75, 3.05) is 4.90 Å². The number of Topliss-reactive ketones (excluding diaryl/α,β-unsaturated/α-hetero) is 1. The minimum absolute atomic E-state index is 0.0401. The molecule has 1 aliphatic heterocycles. The fourth-order valence-electron chi connectivity index (χ4n) is 7.48. The van der Waals surface area contributed by atoms with E-state index in [1.165, 1.54) is 4.90 Å². The molecule has 4 nitrogen and oxygen atoms in total. The highest BCUT2D eigenvalue weighted by molar-refractivity contribution is 6.34. The van der Waals surface area contributed by atoms with Crippen LogP contribution >= 0.6 is 0 Å². The molecule has 1 saturated carbocycles. The van der Waals surface area contributed by atoms with Crippen molar-refractivity contribution in [1.82, 2.24) is 0 Å². The van der Waals surface area contributed by atoms with E-state index in [1.807, 2.05) is 106 Å². The van der Waals surface area contributed by atoms with E-state index in [0.29, 0.717) is 18.5 Å². The molecule has 180 valence electrons. The maximum Gasteiger partial charge on any atom is 0.239 e. The van der Waals surface area contributed by atoms with E-state index >= 15 is 0 Å². The Hall–Kier alpha value is -3.79. The summed E-state index contributed by atoms with van der Waals surface area (Å²) < 4.78 is 0. The van der Waals surface area contributed by atoms with Gasteiger partial charge in [0.25, 0.3) is 0 Å². The number of hydrogen-bond acceptors (Lipinski definition) is 3. The Morgan fingerprint density at radius 2 is 1.14 bits per heavy atom. The predicted octanol–water partition coefficient (Wildman–Crippen LogP) is 6.10. The number of aryl methyl sites for hydroxylation is 1. The van der Waals surface area contributed by atoms with Crippen LogP contribution < -0.4 is 4.90 Å². The SMILES string of the molecule is CC[C@]12C(=O)[C@@](CC)(C(c3ccccc3)=C1c1ccccc1)[C@H]1C(=O)N(c3cccc(C)c3)C(=O)[C@H]12. The van der Waals surface area contributed by atoms with Crippen LogP contribution in [0.25, 0.3) is 11.1 Å². The van der Waals surface area contributed by atoms with E-state index in [-0.39, 0.29) is 17.6 Å². The maximum absolute atomic E-state index is 14.7. The number of nitrogens with zero attached hydrogens (tertiary/aromatic N) is 1. The summed E-state index contributed by atoms with van der Waals surface area (Å²) in [6.45, 7) is 5.93. The summed E-state index contributed by atoms with van der Waals surface area (Å²) in [4.78, 5) is 44.5. The summed E-state index contributed by atoms with van der Waals surface area (Å²) in [7, 11) is 0. The zero-order chi connectivity index (χ0) is 25.2. The molecular weight excluding hydrogens is 446 g/mol. The van der Waals surface area contributed by atoms with Crippen LogP contribution in [0.15, 0.2) is 84.9 Å². The third-order valence-electron chi connectivity index (χ3n) is 8.82. The summed E-state index contributed by atoms with van der Waals surface area (Å²) in [6, 6.07) is 27.4. The number of hydrogen-bond donors (Lipinski definition) is 0. The minimum Gasteiger partial charge on any atom is -0.298 e. The van der Waals surface area contributed by atoms with Gasteiger partial charge in [-0.05, 0) is 59.7 Å². The van der Waals surface area contributed by atoms with Crippen LogP contribution in [0.4, 0.5) is 5.69 Å². The molecular formula is C32H29NO3. The third-order valence-corrected chi connectivity index (χ3v) is 8.82. The van der Waals surface area contributed by atoms with Crippen LogP contribution in [0.3, 0.4) is 0 Å². The largest absolute Gasteiger partial charge is 0.298 e.